The molecule has 1 aromatic carbocycles. The fourth-order valence-corrected chi connectivity index (χ4v) is 1.31. The largest absolute Gasteiger partial charge is 0.506 e. The topological polar surface area (TPSA) is 77.1 Å². The quantitative estimate of drug-likeness (QED) is 0.684. The molecule has 15 heavy (non-hydrogen) atoms. The van der Waals surface area contributed by atoms with Gasteiger partial charge in [-0.1, -0.05) is 0 Å². The average molecular weight is 204 g/mol. The van der Waals surface area contributed by atoms with Crippen molar-refractivity contribution in [2.24, 2.45) is 0 Å². The van der Waals surface area contributed by atoms with Crippen LogP contribution in [0.25, 0.3) is 10.9 Å². The zero-order valence-corrected chi connectivity index (χ0v) is 7.40. The molecule has 0 aliphatic carbocycles. The van der Waals surface area contributed by atoms with Crippen molar-refractivity contribution in [3.05, 3.63) is 29.6 Å². The van der Waals surface area contributed by atoms with Gasteiger partial charge in [0, 0.05) is 5.39 Å². The first-order valence-corrected chi connectivity index (χ1v) is 4.05. The Balaban J connectivity index is 2.94. The molecule has 1 heterocycles. The number of nitriles is 1. The van der Waals surface area contributed by atoms with Gasteiger partial charge in [0.1, 0.15) is 17.6 Å². The maximum atomic E-state index is 12.9. The lowest BCUT2D eigenvalue weighted by atomic mass is 10.1. The highest BCUT2D eigenvalue weighted by molar-refractivity contribution is 5.88. The number of hydrogen-bond acceptors (Lipinski definition) is 4. The molecule has 0 atom stereocenters. The Labute approximate surface area is 83.8 Å². The van der Waals surface area contributed by atoms with Gasteiger partial charge < -0.3 is 10.2 Å². The van der Waals surface area contributed by atoms with Gasteiger partial charge in [0.2, 0.25) is 5.88 Å². The Hall–Kier alpha value is -2.35. The summed E-state index contributed by atoms with van der Waals surface area (Å²) < 4.78 is 12.9. The van der Waals surface area contributed by atoms with Crippen molar-refractivity contribution in [2.45, 2.75) is 0 Å². The smallest absolute Gasteiger partial charge is 0.233 e. The van der Waals surface area contributed by atoms with Gasteiger partial charge in [-0.05, 0) is 18.2 Å². The monoisotopic (exact) mass is 204 g/mol. The molecule has 1 aromatic heterocycles. The van der Waals surface area contributed by atoms with Crippen molar-refractivity contribution in [1.82, 2.24) is 4.98 Å². The van der Waals surface area contributed by atoms with E-state index in [1.807, 2.05) is 0 Å². The summed E-state index contributed by atoms with van der Waals surface area (Å²) in [5.41, 5.74) is -0.126. The summed E-state index contributed by atoms with van der Waals surface area (Å²) in [5.74, 6) is -1.57. The summed E-state index contributed by atoms with van der Waals surface area (Å²) in [4.78, 5) is 3.65. The van der Waals surface area contributed by atoms with E-state index in [1.165, 1.54) is 6.07 Å². The highest BCUT2D eigenvalue weighted by atomic mass is 19.1. The van der Waals surface area contributed by atoms with E-state index in [4.69, 9.17) is 5.26 Å². The number of fused-ring (bicyclic) bond motifs is 1. The molecule has 74 valence electrons. The Morgan fingerprint density at radius 2 is 2.07 bits per heavy atom. The van der Waals surface area contributed by atoms with E-state index in [9.17, 15) is 14.6 Å². The van der Waals surface area contributed by atoms with Crippen molar-refractivity contribution >= 4 is 10.9 Å². The molecule has 0 fully saturated rings. The summed E-state index contributed by atoms with van der Waals surface area (Å²) >= 11 is 0. The third-order valence-electron chi connectivity index (χ3n) is 2.01. The molecule has 0 amide bonds. The summed E-state index contributed by atoms with van der Waals surface area (Å²) in [7, 11) is 0. The molecule has 0 radical (unpaired) electrons. The van der Waals surface area contributed by atoms with Gasteiger partial charge >= 0.3 is 0 Å². The van der Waals surface area contributed by atoms with E-state index in [2.05, 4.69) is 4.98 Å². The van der Waals surface area contributed by atoms with Crippen LogP contribution in [0.15, 0.2) is 18.2 Å². The first-order valence-electron chi connectivity index (χ1n) is 4.05. The van der Waals surface area contributed by atoms with Crippen molar-refractivity contribution in [3.8, 4) is 17.7 Å². The van der Waals surface area contributed by atoms with Crippen molar-refractivity contribution in [2.75, 3.05) is 0 Å². The van der Waals surface area contributed by atoms with Gasteiger partial charge in [0.15, 0.2) is 5.56 Å². The lowest BCUT2D eigenvalue weighted by Crippen LogP contribution is -1.87. The van der Waals surface area contributed by atoms with Crippen molar-refractivity contribution in [1.29, 1.82) is 5.26 Å². The number of benzene rings is 1. The Morgan fingerprint density at radius 1 is 1.33 bits per heavy atom. The second-order valence-electron chi connectivity index (χ2n) is 2.93. The number of nitrogens with zero attached hydrogens (tertiary/aromatic N) is 2. The molecule has 0 saturated carbocycles. The lowest BCUT2D eigenvalue weighted by molar-refractivity contribution is 0.437. The molecule has 2 aromatic rings. The summed E-state index contributed by atoms with van der Waals surface area (Å²) in [6.07, 6.45) is 0. The van der Waals surface area contributed by atoms with E-state index < -0.39 is 17.4 Å². The minimum absolute atomic E-state index is 0.101. The predicted molar refractivity (Wildman–Crippen MR) is 49.7 cm³/mol. The maximum Gasteiger partial charge on any atom is 0.233 e. The number of aromatic hydroxyl groups is 2. The molecule has 2 rings (SSSR count). The summed E-state index contributed by atoms with van der Waals surface area (Å²) in [6.45, 7) is 0. The zero-order chi connectivity index (χ0) is 11.0. The average Bonchev–Trinajstić information content (AvgIpc) is 2.20. The predicted octanol–water partition coefficient (Wildman–Crippen LogP) is 1.66. The van der Waals surface area contributed by atoms with E-state index in [1.54, 1.807) is 6.07 Å². The normalized spacial score (nSPS) is 10.1. The van der Waals surface area contributed by atoms with Crippen LogP contribution in [0.4, 0.5) is 4.39 Å². The van der Waals surface area contributed by atoms with Crippen LogP contribution in [-0.4, -0.2) is 15.2 Å². The van der Waals surface area contributed by atoms with Gasteiger partial charge in [0.05, 0.1) is 5.52 Å². The lowest BCUT2D eigenvalue weighted by Gasteiger charge is -2.03. The first-order chi connectivity index (χ1) is 7.13. The molecule has 0 aliphatic rings. The van der Waals surface area contributed by atoms with E-state index >= 15 is 0 Å². The number of aromatic nitrogens is 1. The maximum absolute atomic E-state index is 12.9. The van der Waals surface area contributed by atoms with E-state index in [-0.39, 0.29) is 16.5 Å². The number of pyridine rings is 1. The van der Waals surface area contributed by atoms with Crippen LogP contribution in [0.2, 0.25) is 0 Å². The van der Waals surface area contributed by atoms with Gasteiger partial charge in [-0.15, -0.1) is 0 Å². The Kier molecular flexibility index (Phi) is 1.90. The molecule has 2 N–H and O–H groups in total. The van der Waals surface area contributed by atoms with Gasteiger partial charge in [0.25, 0.3) is 0 Å². The van der Waals surface area contributed by atoms with Gasteiger partial charge in [-0.25, -0.2) is 9.37 Å². The third kappa shape index (κ3) is 1.32. The number of hydrogen-bond donors (Lipinski definition) is 2. The van der Waals surface area contributed by atoms with Gasteiger partial charge in [-0.3, -0.25) is 0 Å². The van der Waals surface area contributed by atoms with Crippen LogP contribution in [0.5, 0.6) is 11.6 Å². The SMILES string of the molecule is N#Cc1c(O)nc2ccc(F)cc2c1O. The Bertz CT molecular complexity index is 590. The molecule has 0 unspecified atom stereocenters. The second-order valence-corrected chi connectivity index (χ2v) is 2.93. The van der Waals surface area contributed by atoms with Gasteiger partial charge in [-0.2, -0.15) is 5.26 Å². The fourth-order valence-electron chi connectivity index (χ4n) is 1.31. The molecule has 0 saturated heterocycles. The number of halogens is 1. The van der Waals surface area contributed by atoms with Crippen LogP contribution in [0, 0.1) is 17.1 Å². The van der Waals surface area contributed by atoms with Crippen molar-refractivity contribution in [3.63, 3.8) is 0 Å². The highest BCUT2D eigenvalue weighted by Crippen LogP contribution is 2.32. The molecule has 5 heteroatoms. The highest BCUT2D eigenvalue weighted by Gasteiger charge is 2.13. The Morgan fingerprint density at radius 3 is 2.73 bits per heavy atom. The second kappa shape index (κ2) is 3.10. The van der Waals surface area contributed by atoms with Crippen LogP contribution in [-0.2, 0) is 0 Å². The van der Waals surface area contributed by atoms with Crippen LogP contribution >= 0.6 is 0 Å². The molecule has 0 aliphatic heterocycles. The molecule has 0 bridgehead atoms. The molecule has 0 spiro atoms. The number of rotatable bonds is 0. The first kappa shape index (κ1) is 9.21. The van der Waals surface area contributed by atoms with Crippen LogP contribution in [0.1, 0.15) is 5.56 Å². The molecular weight excluding hydrogens is 199 g/mol. The van der Waals surface area contributed by atoms with E-state index in [0.29, 0.717) is 0 Å². The molecular formula is C10H5FN2O2. The minimum Gasteiger partial charge on any atom is -0.506 e. The summed E-state index contributed by atoms with van der Waals surface area (Å²) in [5, 5.41) is 27.6. The standard InChI is InChI=1S/C10H5FN2O2/c11-5-1-2-8-6(3-5)9(14)7(4-12)10(15)13-8/h1-3H,(H2,13,14,15). The van der Waals surface area contributed by atoms with Crippen LogP contribution in [0.3, 0.4) is 0 Å². The summed E-state index contributed by atoms with van der Waals surface area (Å²) in [6, 6.07) is 5.11. The van der Waals surface area contributed by atoms with E-state index in [0.717, 1.165) is 12.1 Å². The zero-order valence-electron chi connectivity index (χ0n) is 7.40. The van der Waals surface area contributed by atoms with Crippen LogP contribution < -0.4 is 0 Å². The fraction of sp³-hybridized carbons (Fsp3) is 0. The minimum atomic E-state index is -0.561. The van der Waals surface area contributed by atoms with Crippen molar-refractivity contribution < 1.29 is 14.6 Å². The third-order valence-corrected chi connectivity index (χ3v) is 2.01. The molecule has 4 nitrogen and oxygen atoms in total.